The Labute approximate surface area is 95.7 Å². The molecule has 1 amide bonds. The molecule has 4 heteroatoms. The van der Waals surface area contributed by atoms with Crippen molar-refractivity contribution in [2.45, 2.75) is 45.6 Å². The van der Waals surface area contributed by atoms with Crippen LogP contribution in [-0.4, -0.2) is 24.0 Å². The number of hydrogen-bond donors (Lipinski definition) is 1. The highest BCUT2D eigenvalue weighted by atomic mass is 16.6. The lowest BCUT2D eigenvalue weighted by atomic mass is 9.80. The molecule has 4 nitrogen and oxygen atoms in total. The van der Waals surface area contributed by atoms with Gasteiger partial charge in [-0.05, 0) is 33.6 Å². The third kappa shape index (κ3) is 1.70. The van der Waals surface area contributed by atoms with Crippen molar-refractivity contribution in [2.75, 3.05) is 6.54 Å². The molecule has 0 aromatic heterocycles. The molecule has 2 rings (SSSR count). The molecule has 2 fully saturated rings. The van der Waals surface area contributed by atoms with Crippen molar-refractivity contribution in [1.29, 1.82) is 0 Å². The molecule has 0 spiro atoms. The molecular weight excluding hydrogens is 206 g/mol. The average Bonchev–Trinajstić information content (AvgIpc) is 2.65. The Bertz CT molecular complexity index is 332. The minimum Gasteiger partial charge on any atom is -0.459 e. The minimum atomic E-state index is -0.579. The van der Waals surface area contributed by atoms with E-state index in [1.54, 1.807) is 0 Å². The Morgan fingerprint density at radius 2 is 2.19 bits per heavy atom. The molecule has 1 aliphatic carbocycles. The van der Waals surface area contributed by atoms with Crippen LogP contribution in [0.2, 0.25) is 0 Å². The highest BCUT2D eigenvalue weighted by molar-refractivity contribution is 5.92. The summed E-state index contributed by atoms with van der Waals surface area (Å²) in [5, 5.41) is 2.79. The van der Waals surface area contributed by atoms with Gasteiger partial charge in [0.2, 0.25) is 5.91 Å². The van der Waals surface area contributed by atoms with Crippen molar-refractivity contribution < 1.29 is 14.3 Å². The fourth-order valence-corrected chi connectivity index (χ4v) is 2.73. The van der Waals surface area contributed by atoms with Crippen LogP contribution in [-0.2, 0) is 14.3 Å². The van der Waals surface area contributed by atoms with E-state index in [0.717, 1.165) is 19.3 Å². The van der Waals surface area contributed by atoms with Gasteiger partial charge >= 0.3 is 5.97 Å². The topological polar surface area (TPSA) is 55.4 Å². The first-order valence-corrected chi connectivity index (χ1v) is 5.86. The summed E-state index contributed by atoms with van der Waals surface area (Å²) in [7, 11) is 0. The Morgan fingerprint density at radius 3 is 2.81 bits per heavy atom. The summed E-state index contributed by atoms with van der Waals surface area (Å²) in [6.07, 6.45) is 2.52. The van der Waals surface area contributed by atoms with Crippen molar-refractivity contribution in [3.8, 4) is 0 Å². The van der Waals surface area contributed by atoms with Crippen molar-refractivity contribution >= 4 is 11.9 Å². The molecule has 2 unspecified atom stereocenters. The van der Waals surface area contributed by atoms with E-state index in [1.165, 1.54) is 0 Å². The number of amides is 1. The SMILES string of the molecule is CC(C)(C)OC(=O)C12CCCC1C(=O)NC2. The molecule has 2 atom stereocenters. The zero-order valence-corrected chi connectivity index (χ0v) is 10.1. The zero-order valence-electron chi connectivity index (χ0n) is 10.1. The second-order valence-electron chi connectivity index (χ2n) is 5.82. The first-order valence-electron chi connectivity index (χ1n) is 5.86. The number of carbonyl (C=O) groups excluding carboxylic acids is 2. The highest BCUT2D eigenvalue weighted by Gasteiger charge is 2.57. The molecule has 1 aliphatic heterocycles. The summed E-state index contributed by atoms with van der Waals surface area (Å²) in [6, 6.07) is 0. The average molecular weight is 225 g/mol. The van der Waals surface area contributed by atoms with E-state index in [9.17, 15) is 9.59 Å². The van der Waals surface area contributed by atoms with E-state index in [2.05, 4.69) is 5.32 Å². The van der Waals surface area contributed by atoms with E-state index in [0.29, 0.717) is 6.54 Å². The fourth-order valence-electron chi connectivity index (χ4n) is 2.73. The first kappa shape index (κ1) is 11.4. The van der Waals surface area contributed by atoms with Crippen molar-refractivity contribution in [3.05, 3.63) is 0 Å². The van der Waals surface area contributed by atoms with Crippen LogP contribution in [0.15, 0.2) is 0 Å². The van der Waals surface area contributed by atoms with Gasteiger partial charge in [0.25, 0.3) is 0 Å². The van der Waals surface area contributed by atoms with Gasteiger partial charge in [-0.25, -0.2) is 0 Å². The summed E-state index contributed by atoms with van der Waals surface area (Å²) in [5.41, 5.74) is -1.06. The van der Waals surface area contributed by atoms with Gasteiger partial charge in [0, 0.05) is 6.54 Å². The zero-order chi connectivity index (χ0) is 12.0. The van der Waals surface area contributed by atoms with Gasteiger partial charge in [0.15, 0.2) is 0 Å². The number of esters is 1. The molecule has 1 N–H and O–H groups in total. The third-order valence-corrected chi connectivity index (χ3v) is 3.48. The third-order valence-electron chi connectivity index (χ3n) is 3.48. The summed E-state index contributed by atoms with van der Waals surface area (Å²) in [5.74, 6) is -0.355. The summed E-state index contributed by atoms with van der Waals surface area (Å²) < 4.78 is 5.44. The van der Waals surface area contributed by atoms with E-state index in [-0.39, 0.29) is 17.8 Å². The van der Waals surface area contributed by atoms with Gasteiger partial charge in [0.1, 0.15) is 5.60 Å². The number of rotatable bonds is 1. The normalized spacial score (nSPS) is 33.4. The van der Waals surface area contributed by atoms with Crippen LogP contribution in [0.3, 0.4) is 0 Å². The van der Waals surface area contributed by atoms with Crippen LogP contribution in [0.25, 0.3) is 0 Å². The van der Waals surface area contributed by atoms with Crippen LogP contribution in [0.4, 0.5) is 0 Å². The lowest BCUT2D eigenvalue weighted by molar-refractivity contribution is -0.168. The molecule has 1 saturated heterocycles. The minimum absolute atomic E-state index is 0.0170. The molecule has 0 aromatic rings. The second kappa shape index (κ2) is 3.47. The van der Waals surface area contributed by atoms with Crippen LogP contribution < -0.4 is 5.32 Å². The van der Waals surface area contributed by atoms with Crippen molar-refractivity contribution in [2.24, 2.45) is 11.3 Å². The molecular formula is C12H19NO3. The van der Waals surface area contributed by atoms with Gasteiger partial charge in [-0.3, -0.25) is 9.59 Å². The van der Waals surface area contributed by atoms with Gasteiger partial charge < -0.3 is 10.1 Å². The maximum absolute atomic E-state index is 12.2. The molecule has 1 heterocycles. The summed E-state index contributed by atoms with van der Waals surface area (Å²) in [6.45, 7) is 6.02. The standard InChI is InChI=1S/C12H19NO3/c1-11(2,3)16-10(15)12-6-4-5-8(12)9(14)13-7-12/h8H,4-7H2,1-3H3,(H,13,14). The maximum Gasteiger partial charge on any atom is 0.315 e. The van der Waals surface area contributed by atoms with Crippen molar-refractivity contribution in [1.82, 2.24) is 5.32 Å². The lowest BCUT2D eigenvalue weighted by Crippen LogP contribution is -2.40. The molecule has 0 bridgehead atoms. The van der Waals surface area contributed by atoms with E-state index in [1.807, 2.05) is 20.8 Å². The van der Waals surface area contributed by atoms with E-state index >= 15 is 0 Å². The number of hydrogen-bond acceptors (Lipinski definition) is 3. The monoisotopic (exact) mass is 225 g/mol. The fraction of sp³-hybridized carbons (Fsp3) is 0.833. The van der Waals surface area contributed by atoms with Crippen LogP contribution in [0.1, 0.15) is 40.0 Å². The number of nitrogens with one attached hydrogen (secondary N) is 1. The predicted molar refractivity (Wildman–Crippen MR) is 58.6 cm³/mol. The van der Waals surface area contributed by atoms with Gasteiger partial charge in [-0.15, -0.1) is 0 Å². The quantitative estimate of drug-likeness (QED) is 0.683. The molecule has 1 saturated carbocycles. The second-order valence-corrected chi connectivity index (χ2v) is 5.82. The predicted octanol–water partition coefficient (Wildman–Crippen LogP) is 1.24. The Balaban J connectivity index is 2.19. The Kier molecular flexibility index (Phi) is 2.48. The molecule has 16 heavy (non-hydrogen) atoms. The molecule has 0 radical (unpaired) electrons. The molecule has 2 aliphatic rings. The largest absolute Gasteiger partial charge is 0.459 e. The molecule has 0 aromatic carbocycles. The maximum atomic E-state index is 12.2. The summed E-state index contributed by atoms with van der Waals surface area (Å²) in [4.78, 5) is 23.8. The van der Waals surface area contributed by atoms with Crippen LogP contribution in [0.5, 0.6) is 0 Å². The van der Waals surface area contributed by atoms with E-state index < -0.39 is 11.0 Å². The smallest absolute Gasteiger partial charge is 0.315 e. The molecule has 90 valence electrons. The van der Waals surface area contributed by atoms with Gasteiger partial charge in [-0.2, -0.15) is 0 Å². The van der Waals surface area contributed by atoms with Crippen LogP contribution >= 0.6 is 0 Å². The summed E-state index contributed by atoms with van der Waals surface area (Å²) >= 11 is 0. The first-order chi connectivity index (χ1) is 7.35. The van der Waals surface area contributed by atoms with Gasteiger partial charge in [-0.1, -0.05) is 6.42 Å². The number of carbonyl (C=O) groups is 2. The van der Waals surface area contributed by atoms with Crippen molar-refractivity contribution in [3.63, 3.8) is 0 Å². The number of ether oxygens (including phenoxy) is 1. The lowest BCUT2D eigenvalue weighted by Gasteiger charge is -2.29. The van der Waals surface area contributed by atoms with Gasteiger partial charge in [0.05, 0.1) is 11.3 Å². The Hall–Kier alpha value is -1.06. The van der Waals surface area contributed by atoms with Crippen LogP contribution in [0, 0.1) is 11.3 Å². The highest BCUT2D eigenvalue weighted by Crippen LogP contribution is 2.47. The Morgan fingerprint density at radius 1 is 1.50 bits per heavy atom. The number of fused-ring (bicyclic) bond motifs is 1. The van der Waals surface area contributed by atoms with E-state index in [4.69, 9.17) is 4.74 Å².